The number of piperazine rings is 1. The Morgan fingerprint density at radius 3 is 2.26 bits per heavy atom. The molecule has 2 aliphatic rings. The summed E-state index contributed by atoms with van der Waals surface area (Å²) in [7, 11) is 2.28. The zero-order chi connectivity index (χ0) is 30.6. The van der Waals surface area contributed by atoms with Gasteiger partial charge in [-0.15, -0.1) is 0 Å². The van der Waals surface area contributed by atoms with Gasteiger partial charge in [0, 0.05) is 63.8 Å². The van der Waals surface area contributed by atoms with Crippen LogP contribution < -0.4 is 25.0 Å². The topological polar surface area (TPSA) is 112 Å². The van der Waals surface area contributed by atoms with E-state index in [-0.39, 0.29) is 17.5 Å². The number of likely N-dealkylation sites (N-methyl/N-ethyl adjacent to an activating group) is 1. The van der Waals surface area contributed by atoms with E-state index in [0.29, 0.717) is 29.4 Å². The normalized spacial score (nSPS) is 16.3. The summed E-state index contributed by atoms with van der Waals surface area (Å²) in [6, 6.07) is 9.82. The lowest BCUT2D eigenvalue weighted by atomic mass is 10.0. The Balaban J connectivity index is 1.32. The molecule has 0 aliphatic carbocycles. The van der Waals surface area contributed by atoms with Gasteiger partial charge in [0.05, 0.1) is 37.5 Å². The van der Waals surface area contributed by atoms with Crippen LogP contribution in [0, 0.1) is 5.82 Å². The van der Waals surface area contributed by atoms with Crippen LogP contribution in [0.4, 0.5) is 33.2 Å². The highest BCUT2D eigenvalue weighted by Gasteiger charge is 2.20. The summed E-state index contributed by atoms with van der Waals surface area (Å²) in [4.78, 5) is 15.4. The Kier molecular flexibility index (Phi) is 9.52. The van der Waals surface area contributed by atoms with Gasteiger partial charge in [-0.3, -0.25) is 0 Å². The van der Waals surface area contributed by atoms with E-state index >= 15 is 0 Å². The average Bonchev–Trinajstić information content (AvgIpc) is 3.19. The van der Waals surface area contributed by atoms with Gasteiger partial charge in [-0.1, -0.05) is 0 Å². The Bertz CT molecular complexity index is 1550. The van der Waals surface area contributed by atoms with Gasteiger partial charge in [-0.2, -0.15) is 4.98 Å². The van der Waals surface area contributed by atoms with Crippen molar-refractivity contribution in [2.24, 2.45) is 0 Å². The van der Waals surface area contributed by atoms with Crippen molar-refractivity contribution >= 4 is 38.7 Å². The largest absolute Gasteiger partial charge is 0.495 e. The number of halogens is 1. The van der Waals surface area contributed by atoms with Gasteiger partial charge < -0.3 is 34.8 Å². The van der Waals surface area contributed by atoms with Gasteiger partial charge in [-0.25, -0.2) is 17.8 Å². The first-order valence-electron chi connectivity index (χ1n) is 14.4. The fraction of sp³-hybridized carbons (Fsp3) is 0.467. The average molecular weight is 614 g/mol. The Labute approximate surface area is 252 Å². The molecule has 2 aliphatic heterocycles. The van der Waals surface area contributed by atoms with Crippen molar-refractivity contribution < 1.29 is 22.3 Å². The Morgan fingerprint density at radius 2 is 1.58 bits per heavy atom. The number of hydrogen-bond acceptors (Lipinski definition) is 11. The minimum absolute atomic E-state index is 0.0124. The third kappa shape index (κ3) is 7.84. The molecule has 43 heavy (non-hydrogen) atoms. The lowest BCUT2D eigenvalue weighted by Gasteiger charge is -2.34. The van der Waals surface area contributed by atoms with Crippen LogP contribution in [0.5, 0.6) is 11.5 Å². The third-order valence-corrected chi connectivity index (χ3v) is 8.92. The van der Waals surface area contributed by atoms with Crippen LogP contribution in [0.1, 0.15) is 11.1 Å². The number of methoxy groups -OCH3 is 2. The van der Waals surface area contributed by atoms with Gasteiger partial charge in [0.25, 0.3) is 0 Å². The molecule has 0 radical (unpaired) electrons. The zero-order valence-corrected chi connectivity index (χ0v) is 26.0. The number of nitrogens with one attached hydrogen (secondary N) is 2. The van der Waals surface area contributed by atoms with Crippen molar-refractivity contribution in [1.29, 1.82) is 0 Å². The molecule has 232 valence electrons. The van der Waals surface area contributed by atoms with Crippen LogP contribution in [-0.2, 0) is 22.7 Å². The summed E-state index contributed by atoms with van der Waals surface area (Å²) in [5, 5.41) is 6.27. The highest BCUT2D eigenvalue weighted by Crippen LogP contribution is 2.35. The van der Waals surface area contributed by atoms with E-state index in [4.69, 9.17) is 9.47 Å². The fourth-order valence-corrected chi connectivity index (χ4v) is 5.98. The molecule has 1 saturated heterocycles. The van der Waals surface area contributed by atoms with Crippen LogP contribution in [-0.4, -0.2) is 107 Å². The second-order valence-corrected chi connectivity index (χ2v) is 13.4. The number of aromatic nitrogens is 2. The molecule has 0 bridgehead atoms. The van der Waals surface area contributed by atoms with E-state index in [2.05, 4.69) is 42.3 Å². The Hall–Kier alpha value is -3.68. The van der Waals surface area contributed by atoms with Crippen LogP contribution in [0.2, 0.25) is 0 Å². The zero-order valence-electron chi connectivity index (χ0n) is 25.2. The number of rotatable bonds is 10. The molecule has 0 saturated carbocycles. The van der Waals surface area contributed by atoms with E-state index in [1.807, 2.05) is 30.3 Å². The van der Waals surface area contributed by atoms with Crippen LogP contribution in [0.3, 0.4) is 0 Å². The first-order valence-corrected chi connectivity index (χ1v) is 16.5. The van der Waals surface area contributed by atoms with E-state index in [0.717, 1.165) is 75.1 Å². The summed E-state index contributed by atoms with van der Waals surface area (Å²) in [5.41, 5.74) is 4.59. The predicted molar refractivity (Wildman–Crippen MR) is 168 cm³/mol. The molecule has 0 atom stereocenters. The first-order chi connectivity index (χ1) is 20.6. The van der Waals surface area contributed by atoms with Gasteiger partial charge in [0.1, 0.15) is 21.3 Å². The van der Waals surface area contributed by atoms with Crippen LogP contribution in [0.25, 0.3) is 0 Å². The number of hydrogen-bond donors (Lipinski definition) is 2. The minimum Gasteiger partial charge on any atom is -0.495 e. The number of sulfone groups is 1. The fourth-order valence-electron chi connectivity index (χ4n) is 5.39. The summed E-state index contributed by atoms with van der Waals surface area (Å²) in [6.07, 6.45) is 3.94. The highest BCUT2D eigenvalue weighted by molar-refractivity contribution is 7.90. The SMILES string of the molecule is COc1cc2c(cc1Nc1ncc(F)c(Nc3ccc(N4CCN(C)CC4)cc3OC)n1)CCN(CCS(C)(=O)=O)CC2. The molecule has 0 unspecified atom stereocenters. The number of ether oxygens (including phenoxy) is 2. The molecule has 1 aromatic heterocycles. The van der Waals surface area contributed by atoms with E-state index < -0.39 is 15.7 Å². The monoisotopic (exact) mass is 613 g/mol. The molecule has 0 spiro atoms. The van der Waals surface area contributed by atoms with Crippen molar-refractivity contribution in [2.45, 2.75) is 12.8 Å². The molecule has 2 N–H and O–H groups in total. The van der Waals surface area contributed by atoms with Crippen molar-refractivity contribution in [1.82, 2.24) is 19.8 Å². The molecule has 2 aromatic carbocycles. The van der Waals surface area contributed by atoms with Crippen molar-refractivity contribution in [3.63, 3.8) is 0 Å². The van der Waals surface area contributed by atoms with Gasteiger partial charge >= 0.3 is 0 Å². The molecular weight excluding hydrogens is 573 g/mol. The summed E-state index contributed by atoms with van der Waals surface area (Å²) >= 11 is 0. The maximum Gasteiger partial charge on any atom is 0.229 e. The maximum absolute atomic E-state index is 14.9. The molecule has 3 heterocycles. The minimum atomic E-state index is -3.02. The summed E-state index contributed by atoms with van der Waals surface area (Å²) < 4.78 is 49.5. The first kappa shape index (κ1) is 30.8. The van der Waals surface area contributed by atoms with Crippen molar-refractivity contribution in [2.75, 3.05) is 94.6 Å². The van der Waals surface area contributed by atoms with Crippen molar-refractivity contribution in [3.8, 4) is 11.5 Å². The smallest absolute Gasteiger partial charge is 0.229 e. The van der Waals surface area contributed by atoms with Gasteiger partial charge in [-0.05, 0) is 55.3 Å². The second kappa shape index (κ2) is 13.3. The van der Waals surface area contributed by atoms with Crippen molar-refractivity contribution in [3.05, 3.63) is 53.5 Å². The maximum atomic E-state index is 14.9. The number of anilines is 5. The van der Waals surface area contributed by atoms with Gasteiger partial charge in [0.2, 0.25) is 5.95 Å². The molecule has 3 aromatic rings. The number of fused-ring (bicyclic) bond motifs is 1. The van der Waals surface area contributed by atoms with E-state index in [9.17, 15) is 12.8 Å². The quantitative estimate of drug-likeness (QED) is 0.351. The van der Waals surface area contributed by atoms with Crippen LogP contribution >= 0.6 is 0 Å². The van der Waals surface area contributed by atoms with E-state index in [1.165, 1.54) is 6.26 Å². The predicted octanol–water partition coefficient (Wildman–Crippen LogP) is 3.32. The van der Waals surface area contributed by atoms with E-state index in [1.54, 1.807) is 14.2 Å². The van der Waals surface area contributed by atoms with Crippen LogP contribution in [0.15, 0.2) is 36.5 Å². The molecule has 5 rings (SSSR count). The number of benzene rings is 2. The molecule has 0 amide bonds. The molecule has 11 nitrogen and oxygen atoms in total. The van der Waals surface area contributed by atoms with Gasteiger partial charge in [0.15, 0.2) is 11.6 Å². The lowest BCUT2D eigenvalue weighted by Crippen LogP contribution is -2.44. The number of nitrogens with zero attached hydrogens (tertiary/aromatic N) is 5. The highest BCUT2D eigenvalue weighted by atomic mass is 32.2. The standard InChI is InChI=1S/C30H40FN7O4S/c1-36-11-13-38(14-12-36)23-5-6-25(28(19-23)42-3)33-29-24(31)20-32-30(35-29)34-26-17-21-7-9-37(15-16-43(4,39)40)10-8-22(21)18-27(26)41-2/h5-6,17-20H,7-16H2,1-4H3,(H2,32,33,34,35). The molecular formula is C30H40FN7O4S. The third-order valence-electron chi connectivity index (χ3n) is 7.99. The summed E-state index contributed by atoms with van der Waals surface area (Å²) in [6.45, 7) is 5.87. The summed E-state index contributed by atoms with van der Waals surface area (Å²) in [5.74, 6) is 0.967. The molecule has 13 heteroatoms. The second-order valence-electron chi connectivity index (χ2n) is 11.1. The lowest BCUT2D eigenvalue weighted by molar-refractivity contribution is 0.304. The Morgan fingerprint density at radius 1 is 0.907 bits per heavy atom. The molecule has 1 fully saturated rings.